The van der Waals surface area contributed by atoms with Gasteiger partial charge < -0.3 is 10.1 Å². The van der Waals surface area contributed by atoms with E-state index in [1.54, 1.807) is 0 Å². The molecule has 3 aromatic carbocycles. The molecule has 0 aromatic heterocycles. The van der Waals surface area contributed by atoms with E-state index in [9.17, 15) is 26.4 Å². The lowest BCUT2D eigenvalue weighted by Crippen LogP contribution is -2.18. The minimum Gasteiger partial charge on any atom is -0.453 e. The Morgan fingerprint density at radius 1 is 1.09 bits per heavy atom. The second-order valence-electron chi connectivity index (χ2n) is 6.61. The van der Waals surface area contributed by atoms with Crippen molar-refractivity contribution in [2.45, 2.75) is 17.7 Å². The lowest BCUT2D eigenvalue weighted by molar-refractivity contribution is -0.115. The van der Waals surface area contributed by atoms with Crippen LogP contribution in [0.3, 0.4) is 0 Å². The standard InChI is InChI=1S/C21H16ClF3N2O4S/c22-13-5-3-6-15(9-13)31-20-17(23)10-14(11-18(20)32(26,29)30)27-19(28)8-12-4-1-2-7-16(12)21(24)25/h1-7,9-11,21H,8H2,(H,27,28)(H2,26,29,30). The molecule has 168 valence electrons. The maximum absolute atomic E-state index is 14.7. The van der Waals surface area contributed by atoms with Crippen LogP contribution in [0, 0.1) is 5.82 Å². The van der Waals surface area contributed by atoms with Gasteiger partial charge in [0, 0.05) is 22.3 Å². The summed E-state index contributed by atoms with van der Waals surface area (Å²) < 4.78 is 70.3. The molecule has 0 aliphatic heterocycles. The van der Waals surface area contributed by atoms with Crippen molar-refractivity contribution in [3.8, 4) is 11.5 Å². The number of benzene rings is 3. The first-order chi connectivity index (χ1) is 15.0. The lowest BCUT2D eigenvalue weighted by atomic mass is 10.0. The van der Waals surface area contributed by atoms with Crippen LogP contribution < -0.4 is 15.2 Å². The summed E-state index contributed by atoms with van der Waals surface area (Å²) in [5.41, 5.74) is -0.484. The van der Waals surface area contributed by atoms with Gasteiger partial charge in [-0.25, -0.2) is 26.7 Å². The summed E-state index contributed by atoms with van der Waals surface area (Å²) in [5, 5.41) is 7.75. The third kappa shape index (κ3) is 5.78. The van der Waals surface area contributed by atoms with Gasteiger partial charge in [0.15, 0.2) is 11.6 Å². The van der Waals surface area contributed by atoms with Crippen LogP contribution in [0.15, 0.2) is 65.6 Å². The predicted octanol–water partition coefficient (Wildman–Crippen LogP) is 5.04. The van der Waals surface area contributed by atoms with Gasteiger partial charge in [-0.3, -0.25) is 4.79 Å². The summed E-state index contributed by atoms with van der Waals surface area (Å²) in [6.07, 6.45) is -3.22. The molecule has 11 heteroatoms. The highest BCUT2D eigenvalue weighted by Crippen LogP contribution is 2.34. The number of sulfonamides is 1. The van der Waals surface area contributed by atoms with E-state index >= 15 is 0 Å². The van der Waals surface area contributed by atoms with Crippen LogP contribution in [0.1, 0.15) is 17.6 Å². The Morgan fingerprint density at radius 2 is 1.81 bits per heavy atom. The number of rotatable bonds is 7. The molecule has 0 saturated heterocycles. The maximum atomic E-state index is 14.7. The molecule has 0 atom stereocenters. The first kappa shape index (κ1) is 23.6. The van der Waals surface area contributed by atoms with Crippen molar-refractivity contribution in [1.82, 2.24) is 0 Å². The highest BCUT2D eigenvalue weighted by Gasteiger charge is 2.23. The Labute approximate surface area is 186 Å². The number of carbonyl (C=O) groups excluding carboxylic acids is 1. The Balaban J connectivity index is 1.90. The van der Waals surface area contributed by atoms with Gasteiger partial charge in [0.05, 0.1) is 6.42 Å². The molecule has 3 aromatic rings. The smallest absolute Gasteiger partial charge is 0.264 e. The van der Waals surface area contributed by atoms with E-state index in [0.29, 0.717) is 0 Å². The molecule has 0 bridgehead atoms. The predicted molar refractivity (Wildman–Crippen MR) is 113 cm³/mol. The van der Waals surface area contributed by atoms with Crippen LogP contribution in [0.25, 0.3) is 0 Å². The van der Waals surface area contributed by atoms with Crippen molar-refractivity contribution >= 4 is 33.2 Å². The molecule has 32 heavy (non-hydrogen) atoms. The molecule has 0 aliphatic rings. The normalized spacial score (nSPS) is 11.4. The number of hydrogen-bond acceptors (Lipinski definition) is 4. The van der Waals surface area contributed by atoms with Gasteiger partial charge in [-0.2, -0.15) is 0 Å². The Kier molecular flexibility index (Phi) is 7.07. The SMILES string of the molecule is NS(=O)(=O)c1cc(NC(=O)Cc2ccccc2C(F)F)cc(F)c1Oc1cccc(Cl)c1. The first-order valence-corrected chi connectivity index (χ1v) is 10.9. The Bertz CT molecular complexity index is 1270. The fraction of sp³-hybridized carbons (Fsp3) is 0.0952. The van der Waals surface area contributed by atoms with Crippen molar-refractivity contribution in [2.24, 2.45) is 5.14 Å². The van der Waals surface area contributed by atoms with Gasteiger partial charge in [-0.1, -0.05) is 41.9 Å². The molecular weight excluding hydrogens is 469 g/mol. The summed E-state index contributed by atoms with van der Waals surface area (Å²) in [6, 6.07) is 13.0. The van der Waals surface area contributed by atoms with E-state index in [4.69, 9.17) is 21.5 Å². The van der Waals surface area contributed by atoms with E-state index in [1.165, 1.54) is 48.5 Å². The number of primary sulfonamides is 1. The summed E-state index contributed by atoms with van der Waals surface area (Å²) in [7, 11) is -4.47. The van der Waals surface area contributed by atoms with E-state index < -0.39 is 45.2 Å². The molecule has 3 rings (SSSR count). The number of nitrogens with one attached hydrogen (secondary N) is 1. The number of hydrogen-bond donors (Lipinski definition) is 2. The average molecular weight is 485 g/mol. The van der Waals surface area contributed by atoms with E-state index in [0.717, 1.165) is 12.1 Å². The van der Waals surface area contributed by atoms with Crippen molar-refractivity contribution < 1.29 is 31.1 Å². The molecule has 0 saturated carbocycles. The zero-order valence-electron chi connectivity index (χ0n) is 16.2. The Hall–Kier alpha value is -3.08. The molecule has 0 radical (unpaired) electrons. The summed E-state index contributed by atoms with van der Waals surface area (Å²) in [6.45, 7) is 0. The minimum atomic E-state index is -4.47. The number of halogens is 4. The molecular formula is C21H16ClF3N2O4S. The van der Waals surface area contributed by atoms with Gasteiger partial charge in [0.2, 0.25) is 15.9 Å². The number of nitrogens with two attached hydrogens (primary N) is 1. The quantitative estimate of drug-likeness (QED) is 0.491. The third-order valence-corrected chi connectivity index (χ3v) is 5.41. The highest BCUT2D eigenvalue weighted by atomic mass is 35.5. The van der Waals surface area contributed by atoms with E-state index in [1.807, 2.05) is 0 Å². The van der Waals surface area contributed by atoms with Gasteiger partial charge in [-0.05, 0) is 29.8 Å². The van der Waals surface area contributed by atoms with Crippen molar-refractivity contribution in [1.29, 1.82) is 0 Å². The molecule has 0 fully saturated rings. The van der Waals surface area contributed by atoms with Crippen molar-refractivity contribution in [3.63, 3.8) is 0 Å². The van der Waals surface area contributed by atoms with Crippen LogP contribution in [-0.2, 0) is 21.2 Å². The molecule has 0 spiro atoms. The number of amides is 1. The zero-order chi connectivity index (χ0) is 23.5. The highest BCUT2D eigenvalue weighted by molar-refractivity contribution is 7.89. The number of anilines is 1. The van der Waals surface area contributed by atoms with Crippen LogP contribution in [0.5, 0.6) is 11.5 Å². The number of ether oxygens (including phenoxy) is 1. The van der Waals surface area contributed by atoms with Crippen molar-refractivity contribution in [2.75, 3.05) is 5.32 Å². The first-order valence-electron chi connectivity index (χ1n) is 9.00. The largest absolute Gasteiger partial charge is 0.453 e. The van der Waals surface area contributed by atoms with E-state index in [2.05, 4.69) is 5.32 Å². The second-order valence-corrected chi connectivity index (χ2v) is 8.58. The fourth-order valence-electron chi connectivity index (χ4n) is 2.89. The molecule has 6 nitrogen and oxygen atoms in total. The van der Waals surface area contributed by atoms with Crippen LogP contribution >= 0.6 is 11.6 Å². The topological polar surface area (TPSA) is 98.5 Å². The number of carbonyl (C=O) groups is 1. The minimum absolute atomic E-state index is 0.0571. The second kappa shape index (κ2) is 9.60. The summed E-state index contributed by atoms with van der Waals surface area (Å²) in [5.74, 6) is -2.52. The Morgan fingerprint density at radius 3 is 2.47 bits per heavy atom. The zero-order valence-corrected chi connectivity index (χ0v) is 17.8. The van der Waals surface area contributed by atoms with Gasteiger partial charge >= 0.3 is 0 Å². The summed E-state index contributed by atoms with van der Waals surface area (Å²) >= 11 is 5.85. The molecule has 0 unspecified atom stereocenters. The van der Waals surface area contributed by atoms with Gasteiger partial charge in [0.1, 0.15) is 10.6 Å². The van der Waals surface area contributed by atoms with Crippen molar-refractivity contribution in [3.05, 3.63) is 82.6 Å². The average Bonchev–Trinajstić information content (AvgIpc) is 2.69. The molecule has 1 amide bonds. The summed E-state index contributed by atoms with van der Waals surface area (Å²) in [4.78, 5) is 11.6. The monoisotopic (exact) mass is 484 g/mol. The molecule has 0 aliphatic carbocycles. The van der Waals surface area contributed by atoms with Crippen LogP contribution in [0.2, 0.25) is 5.02 Å². The molecule has 0 heterocycles. The van der Waals surface area contributed by atoms with E-state index in [-0.39, 0.29) is 27.6 Å². The van der Waals surface area contributed by atoms with Gasteiger partial charge in [0.25, 0.3) is 6.43 Å². The van der Waals surface area contributed by atoms with Crippen LogP contribution in [0.4, 0.5) is 18.9 Å². The maximum Gasteiger partial charge on any atom is 0.264 e. The molecule has 3 N–H and O–H groups in total. The number of alkyl halides is 2. The lowest BCUT2D eigenvalue weighted by Gasteiger charge is -2.14. The third-order valence-electron chi connectivity index (χ3n) is 4.26. The fourth-order valence-corrected chi connectivity index (χ4v) is 3.75. The van der Waals surface area contributed by atoms with Crippen LogP contribution in [-0.4, -0.2) is 14.3 Å². The van der Waals surface area contributed by atoms with Gasteiger partial charge in [-0.15, -0.1) is 0 Å².